The molecule has 98 valence electrons. The van der Waals surface area contributed by atoms with Gasteiger partial charge in [0.2, 0.25) is 5.91 Å². The lowest BCUT2D eigenvalue weighted by molar-refractivity contribution is -0.137. The van der Waals surface area contributed by atoms with Gasteiger partial charge in [-0.25, -0.2) is 4.79 Å². The van der Waals surface area contributed by atoms with Crippen LogP contribution in [0.15, 0.2) is 0 Å². The normalized spacial score (nSPS) is 11.9. The number of carbonyl (C=O) groups is 3. The standard InChI is InChI=1S/C10H19N3O4/c1-6(2)7(5-9(15)16)13-10(17)12-4-3-8(11)14/h6-7H,3-5H2,1-2H3,(H2,11,14)(H,15,16)(H2,12,13,17). The summed E-state index contributed by atoms with van der Waals surface area (Å²) in [5.74, 6) is -1.47. The minimum atomic E-state index is -0.971. The van der Waals surface area contributed by atoms with Crippen molar-refractivity contribution in [3.05, 3.63) is 0 Å². The van der Waals surface area contributed by atoms with E-state index >= 15 is 0 Å². The zero-order chi connectivity index (χ0) is 13.4. The molecule has 0 aromatic heterocycles. The summed E-state index contributed by atoms with van der Waals surface area (Å²) >= 11 is 0. The van der Waals surface area contributed by atoms with E-state index in [0.717, 1.165) is 0 Å². The van der Waals surface area contributed by atoms with E-state index in [2.05, 4.69) is 10.6 Å². The smallest absolute Gasteiger partial charge is 0.315 e. The molecular formula is C10H19N3O4. The van der Waals surface area contributed by atoms with Crippen molar-refractivity contribution in [3.63, 3.8) is 0 Å². The predicted octanol–water partition coefficient (Wildman–Crippen LogP) is -0.340. The topological polar surface area (TPSA) is 122 Å². The SMILES string of the molecule is CC(C)C(CC(=O)O)NC(=O)NCCC(N)=O. The molecule has 0 spiro atoms. The molecule has 0 bridgehead atoms. The molecule has 7 heteroatoms. The van der Waals surface area contributed by atoms with Gasteiger partial charge in [0, 0.05) is 19.0 Å². The molecule has 0 radical (unpaired) electrons. The Hall–Kier alpha value is -1.79. The van der Waals surface area contributed by atoms with E-state index in [4.69, 9.17) is 10.8 Å². The van der Waals surface area contributed by atoms with Crippen molar-refractivity contribution < 1.29 is 19.5 Å². The largest absolute Gasteiger partial charge is 0.481 e. The number of primary amides is 1. The van der Waals surface area contributed by atoms with Crippen molar-refractivity contribution >= 4 is 17.9 Å². The Balaban J connectivity index is 4.04. The molecule has 3 amide bonds. The Kier molecular flexibility index (Phi) is 6.69. The molecule has 0 heterocycles. The van der Waals surface area contributed by atoms with Crippen LogP contribution in [0.3, 0.4) is 0 Å². The molecule has 0 rings (SSSR count). The van der Waals surface area contributed by atoms with Gasteiger partial charge in [-0.15, -0.1) is 0 Å². The van der Waals surface area contributed by atoms with Gasteiger partial charge in [-0.1, -0.05) is 13.8 Å². The van der Waals surface area contributed by atoms with E-state index < -0.39 is 23.9 Å². The highest BCUT2D eigenvalue weighted by Gasteiger charge is 2.19. The summed E-state index contributed by atoms with van der Waals surface area (Å²) in [7, 11) is 0. The number of rotatable bonds is 7. The second kappa shape index (κ2) is 7.48. The number of urea groups is 1. The number of carboxylic acid groups (broad SMARTS) is 1. The van der Waals surface area contributed by atoms with E-state index in [0.29, 0.717) is 0 Å². The predicted molar refractivity (Wildman–Crippen MR) is 61.2 cm³/mol. The van der Waals surface area contributed by atoms with Crippen LogP contribution < -0.4 is 16.4 Å². The molecule has 0 saturated carbocycles. The van der Waals surface area contributed by atoms with Crippen molar-refractivity contribution in [2.75, 3.05) is 6.54 Å². The minimum absolute atomic E-state index is 0.00740. The van der Waals surface area contributed by atoms with Gasteiger partial charge in [0.15, 0.2) is 0 Å². The highest BCUT2D eigenvalue weighted by molar-refractivity contribution is 5.77. The maximum Gasteiger partial charge on any atom is 0.315 e. The fourth-order valence-electron chi connectivity index (χ4n) is 1.16. The summed E-state index contributed by atoms with van der Waals surface area (Å²) in [6, 6.07) is -0.938. The second-order valence-electron chi connectivity index (χ2n) is 4.06. The van der Waals surface area contributed by atoms with Crippen LogP contribution in [0, 0.1) is 5.92 Å². The van der Waals surface area contributed by atoms with Gasteiger partial charge in [-0.3, -0.25) is 9.59 Å². The second-order valence-corrected chi connectivity index (χ2v) is 4.06. The monoisotopic (exact) mass is 245 g/mol. The summed E-state index contributed by atoms with van der Waals surface area (Å²) in [6.45, 7) is 3.77. The lowest BCUT2D eigenvalue weighted by Gasteiger charge is -2.20. The number of aliphatic carboxylic acids is 1. The number of amides is 3. The molecule has 0 aliphatic heterocycles. The Morgan fingerprint density at radius 1 is 1.29 bits per heavy atom. The highest BCUT2D eigenvalue weighted by Crippen LogP contribution is 2.05. The van der Waals surface area contributed by atoms with Gasteiger partial charge in [0.25, 0.3) is 0 Å². The highest BCUT2D eigenvalue weighted by atomic mass is 16.4. The molecule has 0 aliphatic rings. The number of hydrogen-bond acceptors (Lipinski definition) is 3. The summed E-state index contributed by atoms with van der Waals surface area (Å²) in [5.41, 5.74) is 4.91. The summed E-state index contributed by atoms with van der Waals surface area (Å²) in [5, 5.41) is 13.6. The molecule has 0 saturated heterocycles. The number of hydrogen-bond donors (Lipinski definition) is 4. The first-order chi connectivity index (χ1) is 7.82. The van der Waals surface area contributed by atoms with Crippen LogP contribution in [0.2, 0.25) is 0 Å². The number of nitrogens with one attached hydrogen (secondary N) is 2. The molecule has 1 atom stereocenters. The van der Waals surface area contributed by atoms with E-state index in [-0.39, 0.29) is 25.3 Å². The number of nitrogens with two attached hydrogens (primary N) is 1. The first kappa shape index (κ1) is 15.2. The Labute approximate surface area is 99.7 Å². The summed E-state index contributed by atoms with van der Waals surface area (Å²) < 4.78 is 0. The zero-order valence-corrected chi connectivity index (χ0v) is 10.0. The fraction of sp³-hybridized carbons (Fsp3) is 0.700. The lowest BCUT2D eigenvalue weighted by Crippen LogP contribution is -2.46. The van der Waals surface area contributed by atoms with Gasteiger partial charge in [-0.05, 0) is 5.92 Å². The van der Waals surface area contributed by atoms with Crippen molar-refractivity contribution in [1.29, 1.82) is 0 Å². The van der Waals surface area contributed by atoms with E-state index in [1.54, 1.807) is 0 Å². The summed E-state index contributed by atoms with van der Waals surface area (Å²) in [4.78, 5) is 32.3. The van der Waals surface area contributed by atoms with Crippen LogP contribution in [0.5, 0.6) is 0 Å². The average molecular weight is 245 g/mol. The van der Waals surface area contributed by atoms with Crippen LogP contribution in [0.4, 0.5) is 4.79 Å². The van der Waals surface area contributed by atoms with Crippen LogP contribution in [-0.4, -0.2) is 35.6 Å². The average Bonchev–Trinajstić information content (AvgIpc) is 2.15. The minimum Gasteiger partial charge on any atom is -0.481 e. The summed E-state index contributed by atoms with van der Waals surface area (Å²) in [6.07, 6.45) is -0.0837. The van der Waals surface area contributed by atoms with Gasteiger partial charge >= 0.3 is 12.0 Å². The van der Waals surface area contributed by atoms with Gasteiger partial charge < -0.3 is 21.5 Å². The van der Waals surface area contributed by atoms with Crippen LogP contribution in [0.25, 0.3) is 0 Å². The van der Waals surface area contributed by atoms with Crippen LogP contribution >= 0.6 is 0 Å². The molecule has 7 nitrogen and oxygen atoms in total. The van der Waals surface area contributed by atoms with Crippen molar-refractivity contribution in [2.24, 2.45) is 11.7 Å². The third-order valence-corrected chi connectivity index (χ3v) is 2.17. The van der Waals surface area contributed by atoms with Gasteiger partial charge in [0.05, 0.1) is 6.42 Å². The van der Waals surface area contributed by atoms with Crippen LogP contribution in [0.1, 0.15) is 26.7 Å². The van der Waals surface area contributed by atoms with Crippen molar-refractivity contribution in [3.8, 4) is 0 Å². The van der Waals surface area contributed by atoms with Crippen molar-refractivity contribution in [1.82, 2.24) is 10.6 Å². The Bertz CT molecular complexity index is 291. The fourth-order valence-corrected chi connectivity index (χ4v) is 1.16. The van der Waals surface area contributed by atoms with E-state index in [9.17, 15) is 14.4 Å². The molecular weight excluding hydrogens is 226 g/mol. The zero-order valence-electron chi connectivity index (χ0n) is 10.0. The number of carboxylic acids is 1. The third kappa shape index (κ3) is 8.06. The third-order valence-electron chi connectivity index (χ3n) is 2.17. The Morgan fingerprint density at radius 3 is 2.29 bits per heavy atom. The first-order valence-corrected chi connectivity index (χ1v) is 5.37. The first-order valence-electron chi connectivity index (χ1n) is 5.37. The van der Waals surface area contributed by atoms with E-state index in [1.165, 1.54) is 0 Å². The lowest BCUT2D eigenvalue weighted by atomic mass is 10.0. The van der Waals surface area contributed by atoms with E-state index in [1.807, 2.05) is 13.8 Å². The molecule has 0 aromatic rings. The molecule has 17 heavy (non-hydrogen) atoms. The molecule has 0 fully saturated rings. The molecule has 1 unspecified atom stereocenters. The number of carbonyl (C=O) groups excluding carboxylic acids is 2. The Morgan fingerprint density at radius 2 is 1.88 bits per heavy atom. The molecule has 0 aliphatic carbocycles. The van der Waals surface area contributed by atoms with Gasteiger partial charge in [0.1, 0.15) is 0 Å². The maximum absolute atomic E-state index is 11.4. The quantitative estimate of drug-likeness (QED) is 0.490. The molecule has 5 N–H and O–H groups in total. The van der Waals surface area contributed by atoms with Crippen LogP contribution in [-0.2, 0) is 9.59 Å². The van der Waals surface area contributed by atoms with Crippen molar-refractivity contribution in [2.45, 2.75) is 32.7 Å². The maximum atomic E-state index is 11.4. The molecule has 0 aromatic carbocycles. The van der Waals surface area contributed by atoms with Gasteiger partial charge in [-0.2, -0.15) is 0 Å².